The minimum Gasteiger partial charge on any atom is -0.494 e. The highest BCUT2D eigenvalue weighted by Gasteiger charge is 2.05. The van der Waals surface area contributed by atoms with Crippen molar-refractivity contribution in [2.24, 2.45) is 0 Å². The molecule has 0 spiro atoms. The van der Waals surface area contributed by atoms with Gasteiger partial charge in [-0.05, 0) is 55.7 Å². The summed E-state index contributed by atoms with van der Waals surface area (Å²) in [6, 6.07) is 7.55. The molecule has 0 amide bonds. The van der Waals surface area contributed by atoms with Crippen molar-refractivity contribution in [2.75, 3.05) is 6.61 Å². The predicted molar refractivity (Wildman–Crippen MR) is 66.3 cm³/mol. The quantitative estimate of drug-likeness (QED) is 0.744. The average molecular weight is 226 g/mol. The van der Waals surface area contributed by atoms with Crippen LogP contribution in [0.5, 0.6) is 5.75 Å². The Kier molecular flexibility index (Phi) is 4.31. The van der Waals surface area contributed by atoms with Gasteiger partial charge < -0.3 is 4.74 Å². The van der Waals surface area contributed by atoms with Gasteiger partial charge in [-0.1, -0.05) is 0 Å². The molecule has 0 radical (unpaired) electrons. The molecule has 0 saturated carbocycles. The summed E-state index contributed by atoms with van der Waals surface area (Å²) in [7, 11) is 0. The van der Waals surface area contributed by atoms with Gasteiger partial charge in [-0.3, -0.25) is 0 Å². The number of ether oxygens (including phenoxy) is 1. The molecule has 0 atom stereocenters. The molecule has 0 aromatic heterocycles. The first-order valence-corrected chi connectivity index (χ1v) is 5.38. The van der Waals surface area contributed by atoms with Gasteiger partial charge in [0.25, 0.3) is 0 Å². The Morgan fingerprint density at radius 2 is 1.76 bits per heavy atom. The van der Waals surface area contributed by atoms with E-state index >= 15 is 0 Å². The van der Waals surface area contributed by atoms with Crippen LogP contribution >= 0.6 is 0 Å². The van der Waals surface area contributed by atoms with E-state index < -0.39 is 0 Å². The fourth-order valence-electron chi connectivity index (χ4n) is 1.65. The maximum Gasteiger partial charge on any atom is 0.130 e. The van der Waals surface area contributed by atoms with Crippen molar-refractivity contribution in [3.63, 3.8) is 0 Å². The van der Waals surface area contributed by atoms with Gasteiger partial charge in [-0.15, -0.1) is 0 Å². The molecule has 0 bridgehead atoms. The van der Waals surface area contributed by atoms with Crippen LogP contribution in [-0.2, 0) is 0 Å². The van der Waals surface area contributed by atoms with Crippen LogP contribution < -0.4 is 4.74 Å². The molecule has 1 aromatic rings. The van der Waals surface area contributed by atoms with Gasteiger partial charge in [-0.25, -0.2) is 0 Å². The predicted octanol–water partition coefficient (Wildman–Crippen LogP) is 3.13. The maximum atomic E-state index is 8.74. The third kappa shape index (κ3) is 3.09. The maximum absolute atomic E-state index is 8.74. The molecule has 1 aromatic carbocycles. The van der Waals surface area contributed by atoms with Crippen molar-refractivity contribution < 1.29 is 4.74 Å². The molecule has 3 nitrogen and oxygen atoms in total. The third-order valence-electron chi connectivity index (χ3n) is 2.41. The summed E-state index contributed by atoms with van der Waals surface area (Å²) in [5, 5.41) is 17.5. The van der Waals surface area contributed by atoms with Crippen LogP contribution in [-0.4, -0.2) is 6.61 Å². The molecule has 3 heteroatoms. The highest BCUT2D eigenvalue weighted by Crippen LogP contribution is 2.23. The number of hydrogen-bond donors (Lipinski definition) is 0. The first-order chi connectivity index (χ1) is 8.12. The van der Waals surface area contributed by atoms with E-state index in [9.17, 15) is 0 Å². The smallest absolute Gasteiger partial charge is 0.130 e. The normalized spacial score (nSPS) is 9.00. The van der Waals surface area contributed by atoms with Crippen LogP contribution in [0.1, 0.15) is 23.6 Å². The fourth-order valence-corrected chi connectivity index (χ4v) is 1.65. The SMILES string of the molecule is CCOc1cc(C)c(C=C(C#N)C#N)c(C)c1. The second kappa shape index (κ2) is 5.72. The van der Waals surface area contributed by atoms with Crippen LogP contribution in [0.15, 0.2) is 17.7 Å². The van der Waals surface area contributed by atoms with Gasteiger partial charge in [0.1, 0.15) is 23.5 Å². The summed E-state index contributed by atoms with van der Waals surface area (Å²) < 4.78 is 5.43. The highest BCUT2D eigenvalue weighted by molar-refractivity contribution is 5.67. The molecular formula is C14H14N2O. The van der Waals surface area contributed by atoms with E-state index in [0.29, 0.717) is 6.61 Å². The van der Waals surface area contributed by atoms with Crippen LogP contribution in [0, 0.1) is 36.5 Å². The van der Waals surface area contributed by atoms with Crippen LogP contribution in [0.3, 0.4) is 0 Å². The highest BCUT2D eigenvalue weighted by atomic mass is 16.5. The Morgan fingerprint density at radius 1 is 1.24 bits per heavy atom. The minimum absolute atomic E-state index is 0.111. The van der Waals surface area contributed by atoms with Crippen LogP contribution in [0.2, 0.25) is 0 Å². The van der Waals surface area contributed by atoms with Gasteiger partial charge in [0.15, 0.2) is 0 Å². The molecule has 0 aliphatic carbocycles. The zero-order valence-corrected chi connectivity index (χ0v) is 10.2. The lowest BCUT2D eigenvalue weighted by molar-refractivity contribution is 0.340. The lowest BCUT2D eigenvalue weighted by atomic mass is 10.0. The molecule has 0 aliphatic heterocycles. The van der Waals surface area contributed by atoms with Gasteiger partial charge in [0, 0.05) is 0 Å². The molecule has 0 N–H and O–H groups in total. The van der Waals surface area contributed by atoms with Crippen molar-refractivity contribution in [1.29, 1.82) is 10.5 Å². The van der Waals surface area contributed by atoms with Gasteiger partial charge in [0.2, 0.25) is 0 Å². The number of aryl methyl sites for hydroxylation is 2. The molecule has 0 fully saturated rings. The molecule has 86 valence electrons. The summed E-state index contributed by atoms with van der Waals surface area (Å²) >= 11 is 0. The minimum atomic E-state index is 0.111. The van der Waals surface area contributed by atoms with Gasteiger partial charge in [-0.2, -0.15) is 10.5 Å². The Labute approximate surface area is 102 Å². The fraction of sp³-hybridized carbons (Fsp3) is 0.286. The van der Waals surface area contributed by atoms with E-state index in [4.69, 9.17) is 15.3 Å². The van der Waals surface area contributed by atoms with Crippen LogP contribution in [0.25, 0.3) is 6.08 Å². The first-order valence-electron chi connectivity index (χ1n) is 5.38. The molecule has 0 unspecified atom stereocenters. The van der Waals surface area contributed by atoms with E-state index in [1.165, 1.54) is 0 Å². The number of benzene rings is 1. The van der Waals surface area contributed by atoms with Gasteiger partial charge >= 0.3 is 0 Å². The lowest BCUT2D eigenvalue weighted by Gasteiger charge is -2.10. The number of allylic oxidation sites excluding steroid dienone is 1. The summed E-state index contributed by atoms with van der Waals surface area (Å²) in [5.74, 6) is 0.815. The zero-order chi connectivity index (χ0) is 12.8. The Morgan fingerprint density at radius 3 is 2.18 bits per heavy atom. The van der Waals surface area contributed by atoms with Crippen molar-refractivity contribution in [1.82, 2.24) is 0 Å². The van der Waals surface area contributed by atoms with E-state index in [-0.39, 0.29) is 5.57 Å². The largest absolute Gasteiger partial charge is 0.494 e. The van der Waals surface area contributed by atoms with Crippen molar-refractivity contribution in [2.45, 2.75) is 20.8 Å². The summed E-state index contributed by atoms with van der Waals surface area (Å²) in [6.45, 7) is 6.43. The zero-order valence-electron chi connectivity index (χ0n) is 10.2. The summed E-state index contributed by atoms with van der Waals surface area (Å²) in [6.07, 6.45) is 1.61. The van der Waals surface area contributed by atoms with E-state index in [1.807, 2.05) is 45.0 Å². The summed E-state index contributed by atoms with van der Waals surface area (Å²) in [4.78, 5) is 0. The Balaban J connectivity index is 3.25. The third-order valence-corrected chi connectivity index (χ3v) is 2.41. The average Bonchev–Trinajstić information content (AvgIpc) is 2.29. The van der Waals surface area contributed by atoms with Gasteiger partial charge in [0.05, 0.1) is 6.61 Å². The Bertz CT molecular complexity index is 491. The van der Waals surface area contributed by atoms with Crippen molar-refractivity contribution >= 4 is 6.08 Å². The summed E-state index contributed by atoms with van der Waals surface area (Å²) in [5.41, 5.74) is 3.01. The van der Waals surface area contributed by atoms with E-state index in [1.54, 1.807) is 6.08 Å². The lowest BCUT2D eigenvalue weighted by Crippen LogP contribution is -1.95. The molecule has 17 heavy (non-hydrogen) atoms. The first kappa shape index (κ1) is 12.8. The van der Waals surface area contributed by atoms with Crippen LogP contribution in [0.4, 0.5) is 0 Å². The second-order valence-electron chi connectivity index (χ2n) is 3.69. The van der Waals surface area contributed by atoms with Crippen molar-refractivity contribution in [3.05, 3.63) is 34.4 Å². The standard InChI is InChI=1S/C14H14N2O/c1-4-17-13-5-10(2)14(11(3)6-13)7-12(8-15)9-16/h5-7H,4H2,1-3H3. The molecule has 1 rings (SSSR count). The molecular weight excluding hydrogens is 212 g/mol. The monoisotopic (exact) mass is 226 g/mol. The molecule has 0 aliphatic rings. The Hall–Kier alpha value is -2.26. The van der Waals surface area contributed by atoms with E-state index in [0.717, 1.165) is 22.4 Å². The van der Waals surface area contributed by atoms with E-state index in [2.05, 4.69) is 0 Å². The van der Waals surface area contributed by atoms with Crippen molar-refractivity contribution in [3.8, 4) is 17.9 Å². The number of nitrogens with zero attached hydrogens (tertiary/aromatic N) is 2. The number of hydrogen-bond acceptors (Lipinski definition) is 3. The molecule has 0 saturated heterocycles. The topological polar surface area (TPSA) is 56.8 Å². The number of rotatable bonds is 3. The second-order valence-corrected chi connectivity index (χ2v) is 3.69. The molecule has 0 heterocycles. The number of nitriles is 2.